The van der Waals surface area contributed by atoms with Gasteiger partial charge >= 0.3 is 0 Å². The molecule has 110 valence electrons. The van der Waals surface area contributed by atoms with Crippen molar-refractivity contribution in [2.24, 2.45) is 13.0 Å². The maximum Gasteiger partial charge on any atom is 0.202 e. The van der Waals surface area contributed by atoms with Crippen molar-refractivity contribution in [3.8, 4) is 0 Å². The summed E-state index contributed by atoms with van der Waals surface area (Å²) in [7, 11) is 1.98. The van der Waals surface area contributed by atoms with Crippen LogP contribution in [-0.2, 0) is 7.05 Å². The van der Waals surface area contributed by atoms with Crippen LogP contribution < -0.4 is 5.73 Å². The fraction of sp³-hybridized carbons (Fsp3) is 0.733. The van der Waals surface area contributed by atoms with E-state index in [-0.39, 0.29) is 0 Å². The molecule has 1 aliphatic rings. The highest BCUT2D eigenvalue weighted by atomic mass is 15.4. The van der Waals surface area contributed by atoms with Crippen LogP contribution in [0.5, 0.6) is 0 Å². The molecule has 20 heavy (non-hydrogen) atoms. The van der Waals surface area contributed by atoms with E-state index in [9.17, 15) is 0 Å². The topological polar surface area (TPSA) is 61.7 Å². The van der Waals surface area contributed by atoms with Crippen molar-refractivity contribution in [2.45, 2.75) is 58.4 Å². The van der Waals surface area contributed by atoms with E-state index in [2.05, 4.69) is 21.6 Å². The number of rotatable bonds is 3. The first-order valence-electron chi connectivity index (χ1n) is 7.78. The minimum Gasteiger partial charge on any atom is -0.369 e. The Morgan fingerprint density at radius 2 is 1.95 bits per heavy atom. The Labute approximate surface area is 120 Å². The van der Waals surface area contributed by atoms with E-state index in [4.69, 9.17) is 5.73 Å². The van der Waals surface area contributed by atoms with Crippen LogP contribution >= 0.6 is 0 Å². The molecular weight excluding hydrogens is 250 g/mol. The summed E-state index contributed by atoms with van der Waals surface area (Å²) >= 11 is 0. The second kappa shape index (κ2) is 5.11. The predicted octanol–water partition coefficient (Wildman–Crippen LogP) is 3.19. The van der Waals surface area contributed by atoms with E-state index in [1.807, 2.05) is 18.7 Å². The first-order chi connectivity index (χ1) is 9.61. The SMILES string of the molecule is CCCC1CCC(n2c(N)nc3c(C)nn(C)c32)CC1. The fourth-order valence-corrected chi connectivity index (χ4v) is 3.77. The van der Waals surface area contributed by atoms with Crippen LogP contribution in [0.15, 0.2) is 0 Å². The lowest BCUT2D eigenvalue weighted by Crippen LogP contribution is -2.20. The van der Waals surface area contributed by atoms with Crippen LogP contribution in [0.1, 0.15) is 57.2 Å². The number of hydrogen-bond donors (Lipinski definition) is 1. The van der Waals surface area contributed by atoms with E-state index >= 15 is 0 Å². The van der Waals surface area contributed by atoms with Crippen LogP contribution in [0.25, 0.3) is 11.2 Å². The molecule has 0 aromatic carbocycles. The molecule has 2 aromatic heterocycles. The van der Waals surface area contributed by atoms with Crippen LogP contribution in [0.4, 0.5) is 5.95 Å². The van der Waals surface area contributed by atoms with Gasteiger partial charge < -0.3 is 5.73 Å². The van der Waals surface area contributed by atoms with E-state index in [0.717, 1.165) is 22.8 Å². The largest absolute Gasteiger partial charge is 0.369 e. The van der Waals surface area contributed by atoms with Crippen molar-refractivity contribution in [2.75, 3.05) is 5.73 Å². The normalized spacial score (nSPS) is 23.6. The Kier molecular flexibility index (Phi) is 3.44. The van der Waals surface area contributed by atoms with Gasteiger partial charge in [-0.2, -0.15) is 5.10 Å². The summed E-state index contributed by atoms with van der Waals surface area (Å²) in [5.74, 6) is 1.56. The van der Waals surface area contributed by atoms with Gasteiger partial charge in [-0.15, -0.1) is 0 Å². The van der Waals surface area contributed by atoms with Gasteiger partial charge in [0.15, 0.2) is 5.65 Å². The fourth-order valence-electron chi connectivity index (χ4n) is 3.77. The number of aromatic nitrogens is 4. The molecule has 0 aliphatic heterocycles. The number of nitrogen functional groups attached to an aromatic ring is 1. The molecule has 0 saturated heterocycles. The van der Waals surface area contributed by atoms with Crippen molar-refractivity contribution >= 4 is 17.1 Å². The summed E-state index contributed by atoms with van der Waals surface area (Å²) in [5, 5.41) is 4.47. The van der Waals surface area contributed by atoms with Crippen molar-refractivity contribution in [1.29, 1.82) is 0 Å². The molecule has 2 heterocycles. The molecular formula is C15H25N5. The number of anilines is 1. The Balaban J connectivity index is 1.89. The minimum absolute atomic E-state index is 0.489. The molecule has 5 nitrogen and oxygen atoms in total. The van der Waals surface area contributed by atoms with E-state index in [1.54, 1.807) is 0 Å². The molecule has 0 unspecified atom stereocenters. The Bertz CT molecular complexity index is 601. The van der Waals surface area contributed by atoms with Crippen LogP contribution in [0.3, 0.4) is 0 Å². The summed E-state index contributed by atoms with van der Waals surface area (Å²) < 4.78 is 4.14. The van der Waals surface area contributed by atoms with E-state index in [0.29, 0.717) is 12.0 Å². The quantitative estimate of drug-likeness (QED) is 0.935. The third-order valence-corrected chi connectivity index (χ3v) is 4.74. The van der Waals surface area contributed by atoms with Gasteiger partial charge in [0.1, 0.15) is 5.52 Å². The number of nitrogens with two attached hydrogens (primary N) is 1. The average Bonchev–Trinajstić information content (AvgIpc) is 2.89. The van der Waals surface area contributed by atoms with Gasteiger partial charge in [-0.3, -0.25) is 9.25 Å². The number of fused-ring (bicyclic) bond motifs is 1. The summed E-state index contributed by atoms with van der Waals surface area (Å²) in [5.41, 5.74) is 9.18. The molecule has 0 spiro atoms. The second-order valence-electron chi connectivity index (χ2n) is 6.18. The highest BCUT2D eigenvalue weighted by molar-refractivity contribution is 5.77. The molecule has 5 heteroatoms. The third kappa shape index (κ3) is 2.09. The zero-order valence-electron chi connectivity index (χ0n) is 12.8. The first kappa shape index (κ1) is 13.5. The van der Waals surface area contributed by atoms with Gasteiger partial charge in [0.05, 0.1) is 5.69 Å². The first-order valence-corrected chi connectivity index (χ1v) is 7.78. The molecule has 1 fully saturated rings. The standard InChI is InChI=1S/C15H25N5/c1-4-5-11-6-8-12(9-7-11)20-14-13(17-15(20)16)10(2)18-19(14)3/h11-12H,4-9H2,1-3H3,(H2,16,17). The summed E-state index contributed by atoms with van der Waals surface area (Å²) in [6, 6.07) is 0.489. The number of aryl methyl sites for hydroxylation is 2. The molecule has 0 radical (unpaired) electrons. The van der Waals surface area contributed by atoms with Gasteiger partial charge in [-0.1, -0.05) is 19.8 Å². The summed E-state index contributed by atoms with van der Waals surface area (Å²) in [6.07, 6.45) is 7.72. The third-order valence-electron chi connectivity index (χ3n) is 4.74. The average molecular weight is 275 g/mol. The van der Waals surface area contributed by atoms with Gasteiger partial charge in [0.25, 0.3) is 0 Å². The highest BCUT2D eigenvalue weighted by Crippen LogP contribution is 2.37. The molecule has 1 saturated carbocycles. The van der Waals surface area contributed by atoms with Crippen molar-refractivity contribution in [1.82, 2.24) is 19.3 Å². The van der Waals surface area contributed by atoms with Crippen LogP contribution in [0.2, 0.25) is 0 Å². The lowest BCUT2D eigenvalue weighted by Gasteiger charge is -2.30. The van der Waals surface area contributed by atoms with Gasteiger partial charge in [0.2, 0.25) is 5.95 Å². The maximum atomic E-state index is 6.17. The summed E-state index contributed by atoms with van der Waals surface area (Å²) in [4.78, 5) is 4.52. The minimum atomic E-state index is 0.489. The molecule has 0 atom stereocenters. The molecule has 0 amide bonds. The Hall–Kier alpha value is -1.52. The van der Waals surface area contributed by atoms with Gasteiger partial charge in [0, 0.05) is 13.1 Å². The lowest BCUT2D eigenvalue weighted by molar-refractivity contribution is 0.266. The number of hydrogen-bond acceptors (Lipinski definition) is 3. The maximum absolute atomic E-state index is 6.17. The summed E-state index contributed by atoms with van der Waals surface area (Å²) in [6.45, 7) is 4.28. The predicted molar refractivity (Wildman–Crippen MR) is 81.6 cm³/mol. The van der Waals surface area contributed by atoms with Crippen LogP contribution in [0, 0.1) is 12.8 Å². The van der Waals surface area contributed by atoms with Gasteiger partial charge in [-0.05, 0) is 38.5 Å². The second-order valence-corrected chi connectivity index (χ2v) is 6.18. The zero-order chi connectivity index (χ0) is 14.3. The highest BCUT2D eigenvalue weighted by Gasteiger charge is 2.26. The Morgan fingerprint density at radius 3 is 2.60 bits per heavy atom. The van der Waals surface area contributed by atoms with Crippen LogP contribution in [-0.4, -0.2) is 19.3 Å². The van der Waals surface area contributed by atoms with E-state index in [1.165, 1.54) is 38.5 Å². The van der Waals surface area contributed by atoms with Crippen molar-refractivity contribution in [3.05, 3.63) is 5.69 Å². The molecule has 1 aliphatic carbocycles. The number of nitrogens with zero attached hydrogens (tertiary/aromatic N) is 4. The van der Waals surface area contributed by atoms with E-state index < -0.39 is 0 Å². The lowest BCUT2D eigenvalue weighted by atomic mass is 9.83. The smallest absolute Gasteiger partial charge is 0.202 e. The molecule has 2 N–H and O–H groups in total. The van der Waals surface area contributed by atoms with Gasteiger partial charge in [-0.25, -0.2) is 4.98 Å². The molecule has 0 bridgehead atoms. The zero-order valence-corrected chi connectivity index (χ0v) is 12.8. The monoisotopic (exact) mass is 275 g/mol. The van der Waals surface area contributed by atoms with Crippen molar-refractivity contribution < 1.29 is 0 Å². The molecule has 3 rings (SSSR count). The molecule has 2 aromatic rings. The Morgan fingerprint density at radius 1 is 1.25 bits per heavy atom. The number of imidazole rings is 1. The van der Waals surface area contributed by atoms with Crippen molar-refractivity contribution in [3.63, 3.8) is 0 Å².